The van der Waals surface area contributed by atoms with Crippen LogP contribution in [0, 0.1) is 0 Å². The number of halogens is 1. The van der Waals surface area contributed by atoms with Gasteiger partial charge in [0.15, 0.2) is 0 Å². The molecule has 0 aliphatic carbocycles. The molecule has 0 saturated carbocycles. The second-order valence-electron chi connectivity index (χ2n) is 5.91. The highest BCUT2D eigenvalue weighted by Crippen LogP contribution is 2.12. The third-order valence-electron chi connectivity index (χ3n) is 4.02. The Morgan fingerprint density at radius 3 is 2.42 bits per heavy atom. The van der Waals surface area contributed by atoms with Crippen LogP contribution in [0.25, 0.3) is 0 Å². The van der Waals surface area contributed by atoms with Crippen molar-refractivity contribution in [3.63, 3.8) is 0 Å². The number of hydrogen-bond donors (Lipinski definition) is 1. The first-order chi connectivity index (χ1) is 12.6. The van der Waals surface area contributed by atoms with Crippen LogP contribution in [0.5, 0.6) is 5.75 Å². The van der Waals surface area contributed by atoms with Crippen molar-refractivity contribution < 1.29 is 9.53 Å². The molecule has 0 saturated heterocycles. The molecule has 1 aromatic heterocycles. The Labute approximate surface area is 157 Å². The highest BCUT2D eigenvalue weighted by Gasteiger charge is 2.06. The van der Waals surface area contributed by atoms with E-state index in [-0.39, 0.29) is 5.91 Å². The van der Waals surface area contributed by atoms with E-state index in [0.29, 0.717) is 23.7 Å². The maximum Gasteiger partial charge on any atom is 0.251 e. The smallest absolute Gasteiger partial charge is 0.251 e. The lowest BCUT2D eigenvalue weighted by atomic mass is 10.1. The van der Waals surface area contributed by atoms with E-state index in [0.717, 1.165) is 23.3 Å². The standard InChI is InChI=1S/C20H20ClN3O2/c1-26-19-8-4-15(5-9-19)10-11-22-20(25)17-6-2-16(3-7-17)13-24-14-18(21)12-23-24/h2-9,12,14H,10-11,13H2,1H3,(H,22,25). The molecule has 1 N–H and O–H groups in total. The Balaban J connectivity index is 1.49. The summed E-state index contributed by atoms with van der Waals surface area (Å²) in [7, 11) is 1.64. The predicted molar refractivity (Wildman–Crippen MR) is 102 cm³/mol. The van der Waals surface area contributed by atoms with E-state index in [4.69, 9.17) is 16.3 Å². The predicted octanol–water partition coefficient (Wildman–Crippen LogP) is 3.57. The van der Waals surface area contributed by atoms with Gasteiger partial charge in [-0.2, -0.15) is 5.10 Å². The van der Waals surface area contributed by atoms with Crippen LogP contribution in [0.3, 0.4) is 0 Å². The third-order valence-corrected chi connectivity index (χ3v) is 4.22. The minimum Gasteiger partial charge on any atom is -0.497 e. The van der Waals surface area contributed by atoms with Gasteiger partial charge in [0.25, 0.3) is 5.91 Å². The first kappa shape index (κ1) is 18.0. The van der Waals surface area contributed by atoms with E-state index < -0.39 is 0 Å². The van der Waals surface area contributed by atoms with Crippen LogP contribution >= 0.6 is 11.6 Å². The molecule has 0 aliphatic heterocycles. The van der Waals surface area contributed by atoms with Crippen molar-refractivity contribution in [2.45, 2.75) is 13.0 Å². The van der Waals surface area contributed by atoms with Crippen LogP contribution in [0.1, 0.15) is 21.5 Å². The molecule has 134 valence electrons. The van der Waals surface area contributed by atoms with Crippen LogP contribution in [0.2, 0.25) is 5.02 Å². The van der Waals surface area contributed by atoms with Gasteiger partial charge in [-0.1, -0.05) is 35.9 Å². The molecule has 0 bridgehead atoms. The van der Waals surface area contributed by atoms with E-state index in [2.05, 4.69) is 10.4 Å². The molecule has 6 heteroatoms. The van der Waals surface area contributed by atoms with E-state index in [1.807, 2.05) is 48.5 Å². The fraction of sp³-hybridized carbons (Fsp3) is 0.200. The first-order valence-corrected chi connectivity index (χ1v) is 8.70. The highest BCUT2D eigenvalue weighted by atomic mass is 35.5. The monoisotopic (exact) mass is 369 g/mol. The molecule has 3 aromatic rings. The van der Waals surface area contributed by atoms with Gasteiger partial charge in [-0.15, -0.1) is 0 Å². The minimum absolute atomic E-state index is 0.0767. The summed E-state index contributed by atoms with van der Waals surface area (Å²) in [4.78, 5) is 12.2. The number of benzene rings is 2. The molecular formula is C20H20ClN3O2. The number of carbonyl (C=O) groups excluding carboxylic acids is 1. The quantitative estimate of drug-likeness (QED) is 0.692. The molecule has 5 nitrogen and oxygen atoms in total. The Morgan fingerprint density at radius 1 is 1.12 bits per heavy atom. The van der Waals surface area contributed by atoms with Gasteiger partial charge in [-0.25, -0.2) is 0 Å². The number of ether oxygens (including phenoxy) is 1. The van der Waals surface area contributed by atoms with E-state index >= 15 is 0 Å². The summed E-state index contributed by atoms with van der Waals surface area (Å²) in [6, 6.07) is 15.3. The summed E-state index contributed by atoms with van der Waals surface area (Å²) in [5.74, 6) is 0.752. The van der Waals surface area contributed by atoms with Crippen LogP contribution in [-0.2, 0) is 13.0 Å². The number of methoxy groups -OCH3 is 1. The topological polar surface area (TPSA) is 56.1 Å². The molecule has 0 unspecified atom stereocenters. The van der Waals surface area contributed by atoms with Gasteiger partial charge in [0.2, 0.25) is 0 Å². The summed E-state index contributed by atoms with van der Waals surface area (Å²) >= 11 is 5.86. The lowest BCUT2D eigenvalue weighted by molar-refractivity contribution is 0.0954. The molecule has 1 amide bonds. The van der Waals surface area contributed by atoms with Gasteiger partial charge in [-0.05, 0) is 41.8 Å². The molecule has 1 heterocycles. The van der Waals surface area contributed by atoms with Crippen LogP contribution in [-0.4, -0.2) is 29.3 Å². The van der Waals surface area contributed by atoms with Crippen molar-refractivity contribution in [2.24, 2.45) is 0 Å². The highest BCUT2D eigenvalue weighted by molar-refractivity contribution is 6.30. The lowest BCUT2D eigenvalue weighted by Crippen LogP contribution is -2.25. The SMILES string of the molecule is COc1ccc(CCNC(=O)c2ccc(Cn3cc(Cl)cn3)cc2)cc1. The number of nitrogens with one attached hydrogen (secondary N) is 1. The zero-order chi connectivity index (χ0) is 18.4. The molecule has 3 rings (SSSR count). The van der Waals surface area contributed by atoms with Crippen LogP contribution in [0.4, 0.5) is 0 Å². The first-order valence-electron chi connectivity index (χ1n) is 8.32. The maximum atomic E-state index is 12.2. The average molecular weight is 370 g/mol. The molecule has 0 atom stereocenters. The van der Waals surface area contributed by atoms with Crippen molar-refractivity contribution >= 4 is 17.5 Å². The summed E-state index contributed by atoms with van der Waals surface area (Å²) in [6.07, 6.45) is 4.14. The maximum absolute atomic E-state index is 12.2. The van der Waals surface area contributed by atoms with Gasteiger partial charge < -0.3 is 10.1 Å². The Bertz CT molecular complexity index is 858. The number of carbonyl (C=O) groups is 1. The number of aromatic nitrogens is 2. The Morgan fingerprint density at radius 2 is 1.81 bits per heavy atom. The fourth-order valence-electron chi connectivity index (χ4n) is 2.59. The van der Waals surface area contributed by atoms with Crippen molar-refractivity contribution in [1.29, 1.82) is 0 Å². The summed E-state index contributed by atoms with van der Waals surface area (Å²) in [5, 5.41) is 7.70. The van der Waals surface area contributed by atoms with E-state index in [1.165, 1.54) is 0 Å². The number of nitrogens with zero attached hydrogens (tertiary/aromatic N) is 2. The molecule has 26 heavy (non-hydrogen) atoms. The fourth-order valence-corrected chi connectivity index (χ4v) is 2.74. The molecule has 0 fully saturated rings. The molecule has 0 aliphatic rings. The lowest BCUT2D eigenvalue weighted by Gasteiger charge is -2.07. The Hall–Kier alpha value is -2.79. The minimum atomic E-state index is -0.0767. The normalized spacial score (nSPS) is 10.5. The zero-order valence-corrected chi connectivity index (χ0v) is 15.2. The van der Waals surface area contributed by atoms with E-state index in [1.54, 1.807) is 24.2 Å². The second-order valence-corrected chi connectivity index (χ2v) is 6.34. The second kappa shape index (κ2) is 8.54. The van der Waals surface area contributed by atoms with Crippen molar-refractivity contribution in [1.82, 2.24) is 15.1 Å². The Kier molecular flexibility index (Phi) is 5.92. The van der Waals surface area contributed by atoms with Crippen LogP contribution in [0.15, 0.2) is 60.9 Å². The number of hydrogen-bond acceptors (Lipinski definition) is 3. The van der Waals surface area contributed by atoms with Crippen molar-refractivity contribution in [2.75, 3.05) is 13.7 Å². The largest absolute Gasteiger partial charge is 0.497 e. The molecular weight excluding hydrogens is 350 g/mol. The third kappa shape index (κ3) is 4.86. The van der Waals surface area contributed by atoms with Gasteiger partial charge >= 0.3 is 0 Å². The average Bonchev–Trinajstić information content (AvgIpc) is 3.07. The molecule has 0 radical (unpaired) electrons. The summed E-state index contributed by atoms with van der Waals surface area (Å²) in [5.41, 5.74) is 2.85. The summed E-state index contributed by atoms with van der Waals surface area (Å²) < 4.78 is 6.89. The molecule has 2 aromatic carbocycles. The van der Waals surface area contributed by atoms with Crippen LogP contribution < -0.4 is 10.1 Å². The summed E-state index contributed by atoms with van der Waals surface area (Å²) in [6.45, 7) is 1.20. The van der Waals surface area contributed by atoms with E-state index in [9.17, 15) is 4.79 Å². The van der Waals surface area contributed by atoms with Crippen molar-refractivity contribution in [3.8, 4) is 5.75 Å². The van der Waals surface area contributed by atoms with Gasteiger partial charge in [0, 0.05) is 18.3 Å². The van der Waals surface area contributed by atoms with Gasteiger partial charge in [0.05, 0.1) is 24.9 Å². The molecule has 0 spiro atoms. The van der Waals surface area contributed by atoms with Gasteiger partial charge in [0.1, 0.15) is 5.75 Å². The number of rotatable bonds is 7. The number of amides is 1. The zero-order valence-electron chi connectivity index (χ0n) is 14.5. The van der Waals surface area contributed by atoms with Gasteiger partial charge in [-0.3, -0.25) is 9.48 Å². The van der Waals surface area contributed by atoms with Crippen molar-refractivity contribution in [3.05, 3.63) is 82.6 Å².